The van der Waals surface area contributed by atoms with Crippen LogP contribution in [0.3, 0.4) is 0 Å². The van der Waals surface area contributed by atoms with Crippen LogP contribution in [0.15, 0.2) is 10.1 Å². The second-order valence-corrected chi connectivity index (χ2v) is 3.63. The highest BCUT2D eigenvalue weighted by molar-refractivity contribution is 9.11. The molecule has 0 atom stereocenters. The summed E-state index contributed by atoms with van der Waals surface area (Å²) < 4.78 is 5.55. The van der Waals surface area contributed by atoms with Crippen LogP contribution >= 0.6 is 15.9 Å². The molecule has 74 valence electrons. The number of aldehydes is 1. The molecular formula is C9H13BrO3. The van der Waals surface area contributed by atoms with Gasteiger partial charge in [0.05, 0.1) is 6.61 Å². The lowest BCUT2D eigenvalue weighted by molar-refractivity contribution is -0.138. The minimum atomic E-state index is -0.348. The van der Waals surface area contributed by atoms with Crippen LogP contribution in [0.25, 0.3) is 0 Å². The van der Waals surface area contributed by atoms with E-state index in [-0.39, 0.29) is 5.97 Å². The Morgan fingerprint density at radius 3 is 2.54 bits per heavy atom. The molecule has 0 aliphatic heterocycles. The Hall–Kier alpha value is -0.640. The fourth-order valence-electron chi connectivity index (χ4n) is 0.836. The second kappa shape index (κ2) is 6.83. The summed E-state index contributed by atoms with van der Waals surface area (Å²) in [5.74, 6) is -0.348. The second-order valence-electron chi connectivity index (χ2n) is 2.44. The molecule has 3 nitrogen and oxygen atoms in total. The molecule has 0 rings (SSSR count). The normalized spacial score (nSPS) is 11.9. The number of halogens is 1. The first-order valence-corrected chi connectivity index (χ1v) is 4.88. The van der Waals surface area contributed by atoms with Crippen LogP contribution in [0.2, 0.25) is 0 Å². The van der Waals surface area contributed by atoms with E-state index in [1.165, 1.54) is 0 Å². The molecule has 0 aromatic carbocycles. The van der Waals surface area contributed by atoms with Crippen molar-refractivity contribution in [3.8, 4) is 0 Å². The van der Waals surface area contributed by atoms with Crippen LogP contribution in [-0.4, -0.2) is 18.9 Å². The third kappa shape index (κ3) is 4.83. The third-order valence-corrected chi connectivity index (χ3v) is 1.93. The maximum Gasteiger partial charge on any atom is 0.334 e. The predicted molar refractivity (Wildman–Crippen MR) is 53.6 cm³/mol. The summed E-state index contributed by atoms with van der Waals surface area (Å²) >= 11 is 3.20. The van der Waals surface area contributed by atoms with Crippen molar-refractivity contribution in [2.24, 2.45) is 0 Å². The highest BCUT2D eigenvalue weighted by atomic mass is 79.9. The number of allylic oxidation sites excluding steroid dienone is 1. The monoisotopic (exact) mass is 248 g/mol. The maximum absolute atomic E-state index is 11.3. The minimum Gasteiger partial charge on any atom is -0.463 e. The summed E-state index contributed by atoms with van der Waals surface area (Å²) in [7, 11) is 0. The molecule has 0 heterocycles. The SMILES string of the molecule is CCOC(=O)/C(CCC=O)=C(/C)Br. The number of ether oxygens (including phenoxy) is 1. The Balaban J connectivity index is 4.35. The summed E-state index contributed by atoms with van der Waals surface area (Å²) in [6.45, 7) is 3.86. The molecule has 13 heavy (non-hydrogen) atoms. The molecule has 0 bridgehead atoms. The molecule has 0 N–H and O–H groups in total. The van der Waals surface area contributed by atoms with Gasteiger partial charge in [-0.1, -0.05) is 15.9 Å². The van der Waals surface area contributed by atoms with Gasteiger partial charge in [0.1, 0.15) is 6.29 Å². The molecule has 0 aliphatic carbocycles. The first kappa shape index (κ1) is 12.4. The van der Waals surface area contributed by atoms with E-state index >= 15 is 0 Å². The smallest absolute Gasteiger partial charge is 0.334 e. The third-order valence-electron chi connectivity index (χ3n) is 1.45. The highest BCUT2D eigenvalue weighted by Gasteiger charge is 2.12. The number of hydrogen-bond acceptors (Lipinski definition) is 3. The molecule has 0 unspecified atom stereocenters. The quantitative estimate of drug-likeness (QED) is 0.426. The molecule has 0 radical (unpaired) electrons. The van der Waals surface area contributed by atoms with Gasteiger partial charge in [0.25, 0.3) is 0 Å². The standard InChI is InChI=1S/C9H13BrO3/c1-3-13-9(12)8(7(2)10)5-4-6-11/h6H,3-5H2,1-2H3/b8-7-. The molecular weight excluding hydrogens is 236 g/mol. The molecule has 0 aromatic rings. The zero-order valence-corrected chi connectivity index (χ0v) is 9.39. The van der Waals surface area contributed by atoms with Crippen molar-refractivity contribution in [2.45, 2.75) is 26.7 Å². The molecule has 0 amide bonds. The van der Waals surface area contributed by atoms with Crippen LogP contribution in [0.1, 0.15) is 26.7 Å². The van der Waals surface area contributed by atoms with Crippen molar-refractivity contribution in [3.63, 3.8) is 0 Å². The lowest BCUT2D eigenvalue weighted by Gasteiger charge is -2.05. The molecule has 0 saturated carbocycles. The van der Waals surface area contributed by atoms with E-state index in [1.54, 1.807) is 13.8 Å². The van der Waals surface area contributed by atoms with E-state index in [0.29, 0.717) is 25.0 Å². The number of hydrogen-bond donors (Lipinski definition) is 0. The average Bonchev–Trinajstić information content (AvgIpc) is 2.05. The van der Waals surface area contributed by atoms with Gasteiger partial charge in [-0.2, -0.15) is 0 Å². The van der Waals surface area contributed by atoms with Gasteiger partial charge in [0.15, 0.2) is 0 Å². The molecule has 0 fully saturated rings. The lowest BCUT2D eigenvalue weighted by Crippen LogP contribution is -2.08. The van der Waals surface area contributed by atoms with E-state index in [0.717, 1.165) is 10.8 Å². The van der Waals surface area contributed by atoms with Gasteiger partial charge in [0.2, 0.25) is 0 Å². The average molecular weight is 249 g/mol. The summed E-state index contributed by atoms with van der Waals surface area (Å²) in [5, 5.41) is 0. The largest absolute Gasteiger partial charge is 0.463 e. The zero-order valence-electron chi connectivity index (χ0n) is 7.80. The fourth-order valence-corrected chi connectivity index (χ4v) is 1.20. The Kier molecular flexibility index (Phi) is 6.49. The highest BCUT2D eigenvalue weighted by Crippen LogP contribution is 2.17. The van der Waals surface area contributed by atoms with Gasteiger partial charge in [-0.15, -0.1) is 0 Å². The maximum atomic E-state index is 11.3. The first-order chi connectivity index (χ1) is 6.13. The van der Waals surface area contributed by atoms with Crippen molar-refractivity contribution < 1.29 is 14.3 Å². The van der Waals surface area contributed by atoms with Crippen molar-refractivity contribution in [3.05, 3.63) is 10.1 Å². The van der Waals surface area contributed by atoms with E-state index in [9.17, 15) is 9.59 Å². The topological polar surface area (TPSA) is 43.4 Å². The van der Waals surface area contributed by atoms with E-state index < -0.39 is 0 Å². The van der Waals surface area contributed by atoms with Crippen LogP contribution in [-0.2, 0) is 14.3 Å². The molecule has 0 spiro atoms. The van der Waals surface area contributed by atoms with Crippen molar-refractivity contribution in [1.82, 2.24) is 0 Å². The Bertz CT molecular complexity index is 217. The van der Waals surface area contributed by atoms with Gasteiger partial charge in [-0.25, -0.2) is 4.79 Å². The Morgan fingerprint density at radius 2 is 2.15 bits per heavy atom. The summed E-state index contributed by atoms with van der Waals surface area (Å²) in [6, 6.07) is 0. The van der Waals surface area contributed by atoms with Gasteiger partial charge < -0.3 is 9.53 Å². The van der Waals surface area contributed by atoms with E-state index in [4.69, 9.17) is 4.74 Å². The zero-order chi connectivity index (χ0) is 10.3. The fraction of sp³-hybridized carbons (Fsp3) is 0.556. The molecule has 4 heteroatoms. The van der Waals surface area contributed by atoms with Crippen molar-refractivity contribution >= 4 is 28.2 Å². The van der Waals surface area contributed by atoms with Crippen molar-refractivity contribution in [1.29, 1.82) is 0 Å². The van der Waals surface area contributed by atoms with Crippen LogP contribution in [0, 0.1) is 0 Å². The predicted octanol–water partition coefficient (Wildman–Crippen LogP) is 2.20. The van der Waals surface area contributed by atoms with Crippen LogP contribution in [0.5, 0.6) is 0 Å². The Labute approximate surface area is 86.3 Å². The van der Waals surface area contributed by atoms with E-state index in [1.807, 2.05) is 0 Å². The molecule has 0 aliphatic rings. The lowest BCUT2D eigenvalue weighted by atomic mass is 10.1. The first-order valence-electron chi connectivity index (χ1n) is 4.09. The van der Waals surface area contributed by atoms with Gasteiger partial charge in [-0.05, 0) is 20.3 Å². The Morgan fingerprint density at radius 1 is 1.54 bits per heavy atom. The van der Waals surface area contributed by atoms with Gasteiger partial charge in [0, 0.05) is 16.5 Å². The van der Waals surface area contributed by atoms with Crippen molar-refractivity contribution in [2.75, 3.05) is 6.61 Å². The number of esters is 1. The van der Waals surface area contributed by atoms with Crippen LogP contribution < -0.4 is 0 Å². The number of carbonyl (C=O) groups excluding carboxylic acids is 2. The summed E-state index contributed by atoms with van der Waals surface area (Å²) in [4.78, 5) is 21.4. The van der Waals surface area contributed by atoms with Crippen LogP contribution in [0.4, 0.5) is 0 Å². The van der Waals surface area contributed by atoms with Gasteiger partial charge >= 0.3 is 5.97 Å². The summed E-state index contributed by atoms with van der Waals surface area (Å²) in [6.07, 6.45) is 1.56. The minimum absolute atomic E-state index is 0.344. The molecule has 0 saturated heterocycles. The molecule has 0 aromatic heterocycles. The van der Waals surface area contributed by atoms with Gasteiger partial charge in [-0.3, -0.25) is 0 Å². The van der Waals surface area contributed by atoms with E-state index in [2.05, 4.69) is 15.9 Å². The number of carbonyl (C=O) groups is 2. The number of rotatable bonds is 5. The summed E-state index contributed by atoms with van der Waals surface area (Å²) in [5.41, 5.74) is 0.536.